The number of hydrogen-bond acceptors (Lipinski definition) is 1. The summed E-state index contributed by atoms with van der Waals surface area (Å²) in [5.74, 6) is 0.542. The highest BCUT2D eigenvalue weighted by Crippen LogP contribution is 2.58. The van der Waals surface area contributed by atoms with Gasteiger partial charge < -0.3 is 5.32 Å². The quantitative estimate of drug-likeness (QED) is 0.831. The molecule has 4 heteroatoms. The molecule has 1 nitrogen and oxygen atoms in total. The molecule has 5 atom stereocenters. The van der Waals surface area contributed by atoms with Crippen LogP contribution in [0.1, 0.15) is 37.7 Å². The van der Waals surface area contributed by atoms with Crippen LogP contribution in [0.4, 0.5) is 13.2 Å². The summed E-state index contributed by atoms with van der Waals surface area (Å²) < 4.78 is 39.8. The number of fused-ring (bicyclic) bond motifs is 5. The molecule has 3 aliphatic carbocycles. The van der Waals surface area contributed by atoms with E-state index >= 15 is 0 Å². The SMILES string of the molecule is Fc1cc(F)c(CNC2CC3CC2C2CCCC32)cc1F. The smallest absolute Gasteiger partial charge is 0.161 e. The minimum absolute atomic E-state index is 0.222. The highest BCUT2D eigenvalue weighted by Gasteiger charge is 2.53. The van der Waals surface area contributed by atoms with Gasteiger partial charge in [0.25, 0.3) is 0 Å². The second kappa shape index (κ2) is 5.01. The Hall–Kier alpha value is -1.03. The highest BCUT2D eigenvalue weighted by atomic mass is 19.2. The molecule has 21 heavy (non-hydrogen) atoms. The van der Waals surface area contributed by atoms with Crippen molar-refractivity contribution in [3.05, 3.63) is 35.1 Å². The first kappa shape index (κ1) is 13.6. The average Bonchev–Trinajstić information content (AvgIpc) is 3.12. The Kier molecular flexibility index (Phi) is 3.25. The number of halogens is 3. The van der Waals surface area contributed by atoms with Crippen LogP contribution in [0.5, 0.6) is 0 Å². The number of nitrogens with one attached hydrogen (secondary N) is 1. The van der Waals surface area contributed by atoms with Gasteiger partial charge in [-0.2, -0.15) is 0 Å². The average molecular weight is 295 g/mol. The highest BCUT2D eigenvalue weighted by molar-refractivity contribution is 5.20. The standard InChI is InChI=1S/C17H20F3N/c18-14-7-16(20)15(19)5-10(14)8-21-17-6-9-4-13(17)12-3-1-2-11(9)12/h5,7,9,11-13,17,21H,1-4,6,8H2. The maximum Gasteiger partial charge on any atom is 0.161 e. The van der Waals surface area contributed by atoms with Gasteiger partial charge in [-0.25, -0.2) is 13.2 Å². The fraction of sp³-hybridized carbons (Fsp3) is 0.647. The van der Waals surface area contributed by atoms with Gasteiger partial charge in [-0.05, 0) is 55.4 Å². The van der Waals surface area contributed by atoms with Gasteiger partial charge in [0, 0.05) is 24.2 Å². The van der Waals surface area contributed by atoms with E-state index in [0.29, 0.717) is 18.0 Å². The molecule has 3 aliphatic rings. The lowest BCUT2D eigenvalue weighted by Crippen LogP contribution is -2.39. The number of rotatable bonds is 3. The third kappa shape index (κ3) is 2.19. The van der Waals surface area contributed by atoms with Crippen molar-refractivity contribution < 1.29 is 13.2 Å². The number of benzene rings is 1. The van der Waals surface area contributed by atoms with Gasteiger partial charge in [-0.15, -0.1) is 0 Å². The van der Waals surface area contributed by atoms with Crippen molar-refractivity contribution >= 4 is 0 Å². The molecular formula is C17H20F3N. The first-order chi connectivity index (χ1) is 10.1. The van der Waals surface area contributed by atoms with E-state index in [1.807, 2.05) is 0 Å². The molecule has 0 spiro atoms. The van der Waals surface area contributed by atoms with Crippen LogP contribution in [-0.2, 0) is 6.54 Å². The lowest BCUT2D eigenvalue weighted by atomic mass is 9.79. The Balaban J connectivity index is 1.43. The first-order valence-corrected chi connectivity index (χ1v) is 8.00. The largest absolute Gasteiger partial charge is 0.310 e. The van der Waals surface area contributed by atoms with Gasteiger partial charge in [0.15, 0.2) is 11.6 Å². The van der Waals surface area contributed by atoms with E-state index in [1.165, 1.54) is 25.7 Å². The Labute approximate surface area is 122 Å². The zero-order chi connectivity index (χ0) is 14.6. The van der Waals surface area contributed by atoms with Crippen molar-refractivity contribution in [1.82, 2.24) is 5.32 Å². The van der Waals surface area contributed by atoms with E-state index in [0.717, 1.165) is 30.2 Å². The molecule has 114 valence electrons. The predicted octanol–water partition coefficient (Wildman–Crippen LogP) is 4.02. The van der Waals surface area contributed by atoms with Gasteiger partial charge in [0.05, 0.1) is 0 Å². The topological polar surface area (TPSA) is 12.0 Å². The Morgan fingerprint density at radius 2 is 1.67 bits per heavy atom. The zero-order valence-electron chi connectivity index (χ0n) is 11.9. The van der Waals surface area contributed by atoms with Crippen LogP contribution in [0.15, 0.2) is 12.1 Å². The van der Waals surface area contributed by atoms with Gasteiger partial charge in [0.2, 0.25) is 0 Å². The fourth-order valence-electron chi connectivity index (χ4n) is 5.24. The summed E-state index contributed by atoms with van der Waals surface area (Å²) in [5, 5.41) is 3.40. The van der Waals surface area contributed by atoms with Crippen LogP contribution in [-0.4, -0.2) is 6.04 Å². The molecule has 3 fully saturated rings. The van der Waals surface area contributed by atoms with Gasteiger partial charge in [-0.3, -0.25) is 0 Å². The summed E-state index contributed by atoms with van der Waals surface area (Å²) in [6.07, 6.45) is 6.54. The van der Waals surface area contributed by atoms with Crippen molar-refractivity contribution in [2.75, 3.05) is 0 Å². The summed E-state index contributed by atoms with van der Waals surface area (Å²) in [7, 11) is 0. The second-order valence-corrected chi connectivity index (χ2v) is 7.00. The molecule has 1 N–H and O–H groups in total. The molecule has 0 heterocycles. The summed E-state index contributed by atoms with van der Waals surface area (Å²) in [4.78, 5) is 0. The zero-order valence-corrected chi connectivity index (χ0v) is 11.9. The molecule has 0 aromatic heterocycles. The van der Waals surface area contributed by atoms with E-state index in [1.54, 1.807) is 0 Å². The molecule has 0 amide bonds. The molecular weight excluding hydrogens is 275 g/mol. The van der Waals surface area contributed by atoms with Crippen molar-refractivity contribution in [2.45, 2.75) is 44.7 Å². The Morgan fingerprint density at radius 1 is 0.905 bits per heavy atom. The van der Waals surface area contributed by atoms with E-state index in [-0.39, 0.29) is 12.1 Å². The van der Waals surface area contributed by atoms with Crippen molar-refractivity contribution in [1.29, 1.82) is 0 Å². The molecule has 1 aromatic rings. The predicted molar refractivity (Wildman–Crippen MR) is 74.0 cm³/mol. The molecule has 3 saturated carbocycles. The fourth-order valence-corrected chi connectivity index (χ4v) is 5.24. The summed E-state index contributed by atoms with van der Waals surface area (Å²) >= 11 is 0. The third-order valence-electron chi connectivity index (χ3n) is 6.07. The third-order valence-corrected chi connectivity index (χ3v) is 6.07. The minimum atomic E-state index is -1.12. The van der Waals surface area contributed by atoms with Gasteiger partial charge in [-0.1, -0.05) is 6.42 Å². The summed E-state index contributed by atoms with van der Waals surface area (Å²) in [6.45, 7) is 0.286. The van der Waals surface area contributed by atoms with Crippen molar-refractivity contribution in [3.63, 3.8) is 0 Å². The molecule has 5 unspecified atom stereocenters. The van der Waals surface area contributed by atoms with Crippen LogP contribution < -0.4 is 5.32 Å². The van der Waals surface area contributed by atoms with Crippen LogP contribution in [0, 0.1) is 41.1 Å². The lowest BCUT2D eigenvalue weighted by molar-refractivity contribution is 0.207. The van der Waals surface area contributed by atoms with Crippen LogP contribution in [0.25, 0.3) is 0 Å². The minimum Gasteiger partial charge on any atom is -0.310 e. The maximum absolute atomic E-state index is 13.7. The molecule has 0 saturated heterocycles. The Morgan fingerprint density at radius 3 is 2.52 bits per heavy atom. The molecule has 2 bridgehead atoms. The Bertz CT molecular complexity index is 559. The monoisotopic (exact) mass is 295 g/mol. The van der Waals surface area contributed by atoms with Crippen molar-refractivity contribution in [2.24, 2.45) is 23.7 Å². The van der Waals surface area contributed by atoms with Gasteiger partial charge in [0.1, 0.15) is 5.82 Å². The van der Waals surface area contributed by atoms with E-state index in [4.69, 9.17) is 0 Å². The lowest BCUT2D eigenvalue weighted by Gasteiger charge is -2.32. The van der Waals surface area contributed by atoms with Crippen LogP contribution >= 0.6 is 0 Å². The molecule has 0 radical (unpaired) electrons. The van der Waals surface area contributed by atoms with Gasteiger partial charge >= 0.3 is 0 Å². The van der Waals surface area contributed by atoms with E-state index in [2.05, 4.69) is 5.32 Å². The maximum atomic E-state index is 13.7. The molecule has 4 rings (SSSR count). The van der Waals surface area contributed by atoms with E-state index in [9.17, 15) is 13.2 Å². The normalized spacial score (nSPS) is 37.2. The second-order valence-electron chi connectivity index (χ2n) is 7.00. The van der Waals surface area contributed by atoms with Crippen LogP contribution in [0.3, 0.4) is 0 Å². The molecule has 1 aromatic carbocycles. The first-order valence-electron chi connectivity index (χ1n) is 8.00. The summed E-state index contributed by atoms with van der Waals surface area (Å²) in [6, 6.07) is 2.03. The van der Waals surface area contributed by atoms with Crippen LogP contribution in [0.2, 0.25) is 0 Å². The molecule has 0 aliphatic heterocycles. The van der Waals surface area contributed by atoms with Crippen molar-refractivity contribution in [3.8, 4) is 0 Å². The van der Waals surface area contributed by atoms with E-state index < -0.39 is 17.5 Å². The number of hydrogen-bond donors (Lipinski definition) is 1. The summed E-state index contributed by atoms with van der Waals surface area (Å²) in [5.41, 5.74) is 0.222.